The summed E-state index contributed by atoms with van der Waals surface area (Å²) in [6, 6.07) is 10.7. The third kappa shape index (κ3) is 1.91. The zero-order chi connectivity index (χ0) is 16.0. The number of carbonyl (C=O) groups is 2. The SMILES string of the molecule is CN(C)c1ccc2c(c1N(C)C)C(=O)c1ccccc1C2=O. The lowest BCUT2D eigenvalue weighted by Crippen LogP contribution is -2.26. The van der Waals surface area contributed by atoms with Crippen LogP contribution in [0.1, 0.15) is 31.8 Å². The Hall–Kier alpha value is -2.62. The molecule has 1 aliphatic carbocycles. The van der Waals surface area contributed by atoms with Crippen molar-refractivity contribution in [2.75, 3.05) is 38.0 Å². The van der Waals surface area contributed by atoms with Crippen LogP contribution in [0.25, 0.3) is 0 Å². The maximum atomic E-state index is 13.0. The number of hydrogen-bond donors (Lipinski definition) is 0. The molecule has 3 rings (SSSR count). The molecule has 0 aromatic heterocycles. The molecule has 4 nitrogen and oxygen atoms in total. The van der Waals surface area contributed by atoms with E-state index >= 15 is 0 Å². The monoisotopic (exact) mass is 294 g/mol. The summed E-state index contributed by atoms with van der Waals surface area (Å²) in [6.45, 7) is 0. The van der Waals surface area contributed by atoms with E-state index in [1.165, 1.54) is 0 Å². The first-order valence-electron chi connectivity index (χ1n) is 7.13. The number of anilines is 2. The zero-order valence-electron chi connectivity index (χ0n) is 13.2. The number of fused-ring (bicyclic) bond motifs is 2. The number of nitrogens with zero attached hydrogens (tertiary/aromatic N) is 2. The fourth-order valence-corrected chi connectivity index (χ4v) is 2.97. The zero-order valence-corrected chi connectivity index (χ0v) is 13.2. The van der Waals surface area contributed by atoms with Gasteiger partial charge in [-0.2, -0.15) is 0 Å². The van der Waals surface area contributed by atoms with Crippen LogP contribution in [0, 0.1) is 0 Å². The van der Waals surface area contributed by atoms with Crippen molar-refractivity contribution < 1.29 is 9.59 Å². The van der Waals surface area contributed by atoms with Crippen molar-refractivity contribution in [2.24, 2.45) is 0 Å². The molecule has 0 radical (unpaired) electrons. The predicted molar refractivity (Wildman–Crippen MR) is 88.4 cm³/mol. The highest BCUT2D eigenvalue weighted by atomic mass is 16.1. The van der Waals surface area contributed by atoms with Crippen molar-refractivity contribution in [2.45, 2.75) is 0 Å². The first-order chi connectivity index (χ1) is 10.4. The van der Waals surface area contributed by atoms with Crippen molar-refractivity contribution in [1.29, 1.82) is 0 Å². The molecule has 0 bridgehead atoms. The number of benzene rings is 2. The van der Waals surface area contributed by atoms with Crippen LogP contribution < -0.4 is 9.80 Å². The van der Waals surface area contributed by atoms with Gasteiger partial charge >= 0.3 is 0 Å². The summed E-state index contributed by atoms with van der Waals surface area (Å²) in [5.74, 6) is -0.170. The van der Waals surface area contributed by atoms with Gasteiger partial charge in [-0.05, 0) is 12.1 Å². The predicted octanol–water partition coefficient (Wildman–Crippen LogP) is 2.59. The maximum absolute atomic E-state index is 13.0. The number of carbonyl (C=O) groups excluding carboxylic acids is 2. The van der Waals surface area contributed by atoms with Crippen LogP contribution in [-0.4, -0.2) is 39.8 Å². The molecule has 1 aliphatic rings. The van der Waals surface area contributed by atoms with Gasteiger partial charge in [0, 0.05) is 44.9 Å². The maximum Gasteiger partial charge on any atom is 0.196 e. The topological polar surface area (TPSA) is 40.6 Å². The molecule has 0 atom stereocenters. The van der Waals surface area contributed by atoms with Gasteiger partial charge in [0.25, 0.3) is 0 Å². The van der Waals surface area contributed by atoms with Gasteiger partial charge in [0.05, 0.1) is 16.9 Å². The van der Waals surface area contributed by atoms with Crippen molar-refractivity contribution in [3.8, 4) is 0 Å². The minimum atomic E-state index is -0.0856. The Morgan fingerprint density at radius 1 is 0.682 bits per heavy atom. The quantitative estimate of drug-likeness (QED) is 0.728. The van der Waals surface area contributed by atoms with E-state index < -0.39 is 0 Å². The number of rotatable bonds is 2. The van der Waals surface area contributed by atoms with Gasteiger partial charge in [-0.3, -0.25) is 9.59 Å². The average molecular weight is 294 g/mol. The molecule has 0 spiro atoms. The second kappa shape index (κ2) is 4.98. The Balaban J connectivity index is 2.36. The second-order valence-corrected chi connectivity index (χ2v) is 5.85. The minimum absolute atomic E-state index is 0.0846. The van der Waals surface area contributed by atoms with E-state index in [1.54, 1.807) is 30.3 Å². The summed E-state index contributed by atoms with van der Waals surface area (Å²) in [4.78, 5) is 29.5. The van der Waals surface area contributed by atoms with Gasteiger partial charge in [-0.25, -0.2) is 0 Å². The van der Waals surface area contributed by atoms with Crippen LogP contribution in [0.4, 0.5) is 11.4 Å². The van der Waals surface area contributed by atoms with Crippen LogP contribution in [0.3, 0.4) is 0 Å². The minimum Gasteiger partial charge on any atom is -0.376 e. The molecule has 112 valence electrons. The van der Waals surface area contributed by atoms with Crippen molar-refractivity contribution >= 4 is 22.9 Å². The molecule has 4 heteroatoms. The van der Waals surface area contributed by atoms with E-state index in [1.807, 2.05) is 44.1 Å². The fraction of sp³-hybridized carbons (Fsp3) is 0.222. The second-order valence-electron chi connectivity index (χ2n) is 5.85. The smallest absolute Gasteiger partial charge is 0.196 e. The first kappa shape index (κ1) is 14.3. The molecule has 0 aliphatic heterocycles. The summed E-state index contributed by atoms with van der Waals surface area (Å²) in [5.41, 5.74) is 3.67. The molecule has 0 N–H and O–H groups in total. The highest BCUT2D eigenvalue weighted by Crippen LogP contribution is 2.38. The lowest BCUT2D eigenvalue weighted by molar-refractivity contribution is 0.0979. The molecule has 0 unspecified atom stereocenters. The molecule has 2 aromatic rings. The summed E-state index contributed by atoms with van der Waals surface area (Å²) in [7, 11) is 7.64. The Kier molecular flexibility index (Phi) is 3.24. The van der Waals surface area contributed by atoms with Crippen LogP contribution in [0.5, 0.6) is 0 Å². The first-order valence-corrected chi connectivity index (χ1v) is 7.13. The molecule has 0 heterocycles. The largest absolute Gasteiger partial charge is 0.376 e. The van der Waals surface area contributed by atoms with Crippen LogP contribution >= 0.6 is 0 Å². The molecule has 2 aromatic carbocycles. The van der Waals surface area contributed by atoms with E-state index in [-0.39, 0.29) is 11.6 Å². The number of ketones is 2. The lowest BCUT2D eigenvalue weighted by atomic mass is 9.82. The molecule has 0 saturated carbocycles. The molecule has 0 amide bonds. The van der Waals surface area contributed by atoms with Gasteiger partial charge in [0.15, 0.2) is 11.6 Å². The molecular formula is C18H18N2O2. The van der Waals surface area contributed by atoms with Gasteiger partial charge < -0.3 is 9.80 Å². The van der Waals surface area contributed by atoms with Crippen molar-refractivity contribution in [3.05, 3.63) is 58.7 Å². The fourth-order valence-electron chi connectivity index (χ4n) is 2.97. The lowest BCUT2D eigenvalue weighted by Gasteiger charge is -2.28. The van der Waals surface area contributed by atoms with Gasteiger partial charge in [-0.1, -0.05) is 24.3 Å². The van der Waals surface area contributed by atoms with E-state index in [0.717, 1.165) is 11.4 Å². The van der Waals surface area contributed by atoms with Gasteiger partial charge in [0.1, 0.15) is 0 Å². The molecular weight excluding hydrogens is 276 g/mol. The average Bonchev–Trinajstić information content (AvgIpc) is 2.51. The van der Waals surface area contributed by atoms with Crippen LogP contribution in [0.2, 0.25) is 0 Å². The van der Waals surface area contributed by atoms with E-state index in [4.69, 9.17) is 0 Å². The summed E-state index contributed by atoms with van der Waals surface area (Å²) >= 11 is 0. The van der Waals surface area contributed by atoms with E-state index in [0.29, 0.717) is 22.3 Å². The Bertz CT molecular complexity index is 792. The summed E-state index contributed by atoms with van der Waals surface area (Å²) < 4.78 is 0. The third-order valence-corrected chi connectivity index (χ3v) is 3.97. The Morgan fingerprint density at radius 3 is 1.82 bits per heavy atom. The van der Waals surface area contributed by atoms with Gasteiger partial charge in [-0.15, -0.1) is 0 Å². The highest BCUT2D eigenvalue weighted by molar-refractivity contribution is 6.30. The molecule has 0 fully saturated rings. The summed E-state index contributed by atoms with van der Waals surface area (Å²) in [5, 5.41) is 0. The van der Waals surface area contributed by atoms with Crippen molar-refractivity contribution in [3.63, 3.8) is 0 Å². The highest BCUT2D eigenvalue weighted by Gasteiger charge is 2.33. The van der Waals surface area contributed by atoms with Crippen LogP contribution in [0.15, 0.2) is 36.4 Å². The Labute approximate surface area is 130 Å². The van der Waals surface area contributed by atoms with E-state index in [2.05, 4.69) is 0 Å². The van der Waals surface area contributed by atoms with Gasteiger partial charge in [0.2, 0.25) is 0 Å². The number of hydrogen-bond acceptors (Lipinski definition) is 4. The Morgan fingerprint density at radius 2 is 1.27 bits per heavy atom. The summed E-state index contributed by atoms with van der Waals surface area (Å²) in [6.07, 6.45) is 0. The van der Waals surface area contributed by atoms with E-state index in [9.17, 15) is 9.59 Å². The standard InChI is InChI=1S/C18H18N2O2/c1-19(2)14-10-9-13-15(16(14)20(3)4)18(22)12-8-6-5-7-11(12)17(13)21/h5-10H,1-4H3. The molecule has 0 saturated heterocycles. The molecule has 22 heavy (non-hydrogen) atoms. The normalized spacial score (nSPS) is 12.7. The third-order valence-electron chi connectivity index (χ3n) is 3.97. The van der Waals surface area contributed by atoms with Crippen molar-refractivity contribution in [1.82, 2.24) is 0 Å². The van der Waals surface area contributed by atoms with Crippen LogP contribution in [-0.2, 0) is 0 Å².